The van der Waals surface area contributed by atoms with Gasteiger partial charge in [0.05, 0.1) is 24.2 Å². The first-order chi connectivity index (χ1) is 6.57. The lowest BCUT2D eigenvalue weighted by Crippen LogP contribution is -2.21. The molecular weight excluding hydrogens is 182 g/mol. The predicted octanol–water partition coefficient (Wildman–Crippen LogP) is 0.898. The maximum absolute atomic E-state index is 11.4. The molecule has 1 aromatic heterocycles. The van der Waals surface area contributed by atoms with E-state index in [2.05, 4.69) is 5.10 Å². The normalized spacial score (nSPS) is 12.5. The molecule has 0 radical (unpaired) electrons. The lowest BCUT2D eigenvalue weighted by Gasteiger charge is -2.12. The first-order valence-corrected chi connectivity index (χ1v) is 4.54. The van der Waals surface area contributed by atoms with Gasteiger partial charge in [-0.15, -0.1) is 0 Å². The minimum atomic E-state index is -0.424. The fraction of sp³-hybridized carbons (Fsp3) is 0.556. The van der Waals surface area contributed by atoms with Crippen LogP contribution >= 0.6 is 0 Å². The van der Waals surface area contributed by atoms with Crippen LogP contribution in [-0.4, -0.2) is 22.4 Å². The minimum Gasteiger partial charge on any atom is -0.464 e. The number of esters is 1. The van der Waals surface area contributed by atoms with Crippen LogP contribution in [0.3, 0.4) is 0 Å². The smallest absolute Gasteiger partial charge is 0.330 e. The second-order valence-electron chi connectivity index (χ2n) is 3.06. The third kappa shape index (κ3) is 1.86. The number of ether oxygens (including phenoxy) is 1. The largest absolute Gasteiger partial charge is 0.464 e. The molecule has 1 rings (SSSR count). The molecule has 5 heteroatoms. The monoisotopic (exact) mass is 197 g/mol. The Morgan fingerprint density at radius 3 is 2.86 bits per heavy atom. The lowest BCUT2D eigenvalue weighted by atomic mass is 10.3. The first-order valence-electron chi connectivity index (χ1n) is 4.54. The zero-order chi connectivity index (χ0) is 10.7. The SMILES string of the molecule is CCOC(=O)C(C)n1ncc(N)c1C. The van der Waals surface area contributed by atoms with Crippen LogP contribution in [0.4, 0.5) is 5.69 Å². The van der Waals surface area contributed by atoms with Crippen LogP contribution in [-0.2, 0) is 9.53 Å². The molecule has 0 aliphatic heterocycles. The standard InChI is InChI=1S/C9H15N3O2/c1-4-14-9(13)7(3)12-6(2)8(10)5-11-12/h5,7H,4,10H2,1-3H3. The fourth-order valence-electron chi connectivity index (χ4n) is 1.19. The van der Waals surface area contributed by atoms with Crippen molar-refractivity contribution < 1.29 is 9.53 Å². The van der Waals surface area contributed by atoms with Crippen molar-refractivity contribution in [2.75, 3.05) is 12.3 Å². The van der Waals surface area contributed by atoms with Gasteiger partial charge >= 0.3 is 5.97 Å². The van der Waals surface area contributed by atoms with Crippen LogP contribution in [0.15, 0.2) is 6.20 Å². The number of nitrogens with two attached hydrogens (primary N) is 1. The highest BCUT2D eigenvalue weighted by Crippen LogP contribution is 2.15. The number of hydrogen-bond acceptors (Lipinski definition) is 4. The summed E-state index contributed by atoms with van der Waals surface area (Å²) in [7, 11) is 0. The molecule has 0 aliphatic rings. The van der Waals surface area contributed by atoms with Crippen LogP contribution < -0.4 is 5.73 Å². The van der Waals surface area contributed by atoms with Crippen LogP contribution in [0, 0.1) is 6.92 Å². The number of rotatable bonds is 3. The van der Waals surface area contributed by atoms with E-state index < -0.39 is 6.04 Å². The van der Waals surface area contributed by atoms with Gasteiger partial charge in [-0.1, -0.05) is 0 Å². The van der Waals surface area contributed by atoms with Crippen molar-refractivity contribution in [2.24, 2.45) is 0 Å². The van der Waals surface area contributed by atoms with Crippen molar-refractivity contribution in [3.63, 3.8) is 0 Å². The maximum atomic E-state index is 11.4. The van der Waals surface area contributed by atoms with Crippen molar-refractivity contribution in [1.29, 1.82) is 0 Å². The number of aromatic nitrogens is 2. The average molecular weight is 197 g/mol. The number of nitrogens with zero attached hydrogens (tertiary/aromatic N) is 2. The fourth-order valence-corrected chi connectivity index (χ4v) is 1.19. The van der Waals surface area contributed by atoms with Gasteiger partial charge in [-0.2, -0.15) is 5.10 Å². The Hall–Kier alpha value is -1.52. The molecule has 0 amide bonds. The van der Waals surface area contributed by atoms with E-state index in [4.69, 9.17) is 10.5 Å². The lowest BCUT2D eigenvalue weighted by molar-refractivity contribution is -0.146. The molecule has 0 spiro atoms. The van der Waals surface area contributed by atoms with E-state index >= 15 is 0 Å². The first kappa shape index (κ1) is 10.6. The van der Waals surface area contributed by atoms with Crippen LogP contribution in [0.5, 0.6) is 0 Å². The Morgan fingerprint density at radius 2 is 2.43 bits per heavy atom. The van der Waals surface area contributed by atoms with Gasteiger partial charge in [-0.05, 0) is 20.8 Å². The van der Waals surface area contributed by atoms with E-state index in [1.54, 1.807) is 18.5 Å². The van der Waals surface area contributed by atoms with Crippen molar-refractivity contribution in [3.8, 4) is 0 Å². The van der Waals surface area contributed by atoms with E-state index in [1.807, 2.05) is 6.92 Å². The summed E-state index contributed by atoms with van der Waals surface area (Å²) in [6.07, 6.45) is 1.53. The molecule has 1 unspecified atom stereocenters. The summed E-state index contributed by atoms with van der Waals surface area (Å²) in [4.78, 5) is 11.4. The van der Waals surface area contributed by atoms with Gasteiger partial charge in [-0.3, -0.25) is 4.68 Å². The number of anilines is 1. The minimum absolute atomic E-state index is 0.293. The zero-order valence-corrected chi connectivity index (χ0v) is 8.65. The predicted molar refractivity (Wildman–Crippen MR) is 52.7 cm³/mol. The number of carbonyl (C=O) groups is 1. The topological polar surface area (TPSA) is 70.1 Å². The Bertz CT molecular complexity index is 333. The van der Waals surface area contributed by atoms with Gasteiger partial charge < -0.3 is 10.5 Å². The summed E-state index contributed by atoms with van der Waals surface area (Å²) in [6.45, 7) is 5.70. The van der Waals surface area contributed by atoms with Gasteiger partial charge in [0, 0.05) is 0 Å². The number of nitrogen functional groups attached to an aromatic ring is 1. The molecule has 14 heavy (non-hydrogen) atoms. The molecular formula is C9H15N3O2. The van der Waals surface area contributed by atoms with E-state index in [1.165, 1.54) is 6.20 Å². The molecule has 0 aliphatic carbocycles. The summed E-state index contributed by atoms with van der Waals surface area (Å²) in [6, 6.07) is -0.424. The highest BCUT2D eigenvalue weighted by molar-refractivity contribution is 5.74. The van der Waals surface area contributed by atoms with Gasteiger partial charge in [0.2, 0.25) is 0 Å². The van der Waals surface area contributed by atoms with Crippen molar-refractivity contribution >= 4 is 11.7 Å². The summed E-state index contributed by atoms with van der Waals surface area (Å²) in [5.41, 5.74) is 6.98. The third-order valence-corrected chi connectivity index (χ3v) is 2.08. The molecule has 78 valence electrons. The Kier molecular flexibility index (Phi) is 3.11. The molecule has 5 nitrogen and oxygen atoms in total. The van der Waals surface area contributed by atoms with Gasteiger partial charge in [0.1, 0.15) is 6.04 Å². The molecule has 2 N–H and O–H groups in total. The molecule has 0 saturated carbocycles. The quantitative estimate of drug-likeness (QED) is 0.731. The molecule has 0 aromatic carbocycles. The van der Waals surface area contributed by atoms with Crippen molar-refractivity contribution in [3.05, 3.63) is 11.9 Å². The average Bonchev–Trinajstić information content (AvgIpc) is 2.47. The Balaban J connectivity index is 2.83. The number of carbonyl (C=O) groups excluding carboxylic acids is 1. The number of hydrogen-bond donors (Lipinski definition) is 1. The van der Waals surface area contributed by atoms with E-state index in [-0.39, 0.29) is 5.97 Å². The summed E-state index contributed by atoms with van der Waals surface area (Å²) >= 11 is 0. The van der Waals surface area contributed by atoms with Gasteiger partial charge in [-0.25, -0.2) is 4.79 Å². The Labute approximate surface area is 82.8 Å². The third-order valence-electron chi connectivity index (χ3n) is 2.08. The highest BCUT2D eigenvalue weighted by Gasteiger charge is 2.19. The molecule has 0 bridgehead atoms. The molecule has 0 saturated heterocycles. The molecule has 1 atom stereocenters. The van der Waals surface area contributed by atoms with Crippen LogP contribution in [0.25, 0.3) is 0 Å². The van der Waals surface area contributed by atoms with Crippen molar-refractivity contribution in [2.45, 2.75) is 26.8 Å². The summed E-state index contributed by atoms with van der Waals surface area (Å²) in [5, 5.41) is 4.01. The van der Waals surface area contributed by atoms with Crippen LogP contribution in [0.2, 0.25) is 0 Å². The second-order valence-corrected chi connectivity index (χ2v) is 3.06. The highest BCUT2D eigenvalue weighted by atomic mass is 16.5. The second kappa shape index (κ2) is 4.13. The van der Waals surface area contributed by atoms with Crippen LogP contribution in [0.1, 0.15) is 25.6 Å². The van der Waals surface area contributed by atoms with Gasteiger partial charge in [0.25, 0.3) is 0 Å². The van der Waals surface area contributed by atoms with E-state index in [9.17, 15) is 4.79 Å². The van der Waals surface area contributed by atoms with E-state index in [0.717, 1.165) is 5.69 Å². The van der Waals surface area contributed by atoms with Crippen molar-refractivity contribution in [1.82, 2.24) is 9.78 Å². The molecule has 1 heterocycles. The summed E-state index contributed by atoms with van der Waals surface area (Å²) < 4.78 is 6.44. The molecule has 0 fully saturated rings. The zero-order valence-electron chi connectivity index (χ0n) is 8.65. The Morgan fingerprint density at radius 1 is 1.79 bits per heavy atom. The summed E-state index contributed by atoms with van der Waals surface area (Å²) in [5.74, 6) is -0.293. The van der Waals surface area contributed by atoms with E-state index in [0.29, 0.717) is 12.3 Å². The molecule has 1 aromatic rings. The van der Waals surface area contributed by atoms with Gasteiger partial charge in [0.15, 0.2) is 0 Å². The maximum Gasteiger partial charge on any atom is 0.330 e.